The van der Waals surface area contributed by atoms with Crippen LogP contribution in [0, 0.1) is 5.92 Å². The number of hydrogen-bond acceptors (Lipinski definition) is 4. The number of nitrogens with one attached hydrogen (secondary N) is 2. The molecule has 0 aromatic heterocycles. The summed E-state index contributed by atoms with van der Waals surface area (Å²) in [6, 6.07) is 8.60. The summed E-state index contributed by atoms with van der Waals surface area (Å²) in [6.45, 7) is 9.84. The zero-order valence-electron chi connectivity index (χ0n) is 15.3. The monoisotopic (exact) mass is 347 g/mol. The molecule has 1 aromatic carbocycles. The molecule has 0 radical (unpaired) electrons. The van der Waals surface area contributed by atoms with E-state index in [1.165, 1.54) is 0 Å². The lowest BCUT2D eigenvalue weighted by Crippen LogP contribution is -2.53. The van der Waals surface area contributed by atoms with E-state index in [0.717, 1.165) is 26.3 Å². The molecule has 6 nitrogen and oxygen atoms in total. The van der Waals surface area contributed by atoms with E-state index in [-0.39, 0.29) is 17.9 Å². The summed E-state index contributed by atoms with van der Waals surface area (Å²) in [5.41, 5.74) is 0.551. The van der Waals surface area contributed by atoms with Crippen LogP contribution in [-0.2, 0) is 9.53 Å². The van der Waals surface area contributed by atoms with Crippen molar-refractivity contribution >= 4 is 11.8 Å². The van der Waals surface area contributed by atoms with Crippen LogP contribution in [0.3, 0.4) is 0 Å². The van der Waals surface area contributed by atoms with Gasteiger partial charge in [-0.15, -0.1) is 0 Å². The van der Waals surface area contributed by atoms with Crippen molar-refractivity contribution in [1.82, 2.24) is 15.5 Å². The molecule has 2 atom stereocenters. The number of ether oxygens (including phenoxy) is 1. The number of hydrogen-bond donors (Lipinski definition) is 2. The highest BCUT2D eigenvalue weighted by Gasteiger charge is 2.25. The summed E-state index contributed by atoms with van der Waals surface area (Å²) in [7, 11) is 0. The van der Waals surface area contributed by atoms with Gasteiger partial charge in [0.25, 0.3) is 5.91 Å². The lowest BCUT2D eigenvalue weighted by molar-refractivity contribution is -0.123. The molecule has 1 heterocycles. The third-order valence-corrected chi connectivity index (χ3v) is 4.55. The van der Waals surface area contributed by atoms with Gasteiger partial charge in [0.2, 0.25) is 5.91 Å². The molecular weight excluding hydrogens is 318 g/mol. The largest absolute Gasteiger partial charge is 0.379 e. The van der Waals surface area contributed by atoms with Crippen LogP contribution in [0.4, 0.5) is 0 Å². The smallest absolute Gasteiger partial charge is 0.251 e. The van der Waals surface area contributed by atoms with Crippen molar-refractivity contribution < 1.29 is 14.3 Å². The molecule has 1 aromatic rings. The van der Waals surface area contributed by atoms with Crippen LogP contribution in [0.15, 0.2) is 30.3 Å². The van der Waals surface area contributed by atoms with Gasteiger partial charge in [0.15, 0.2) is 0 Å². The number of carbonyl (C=O) groups is 2. The van der Waals surface area contributed by atoms with E-state index in [1.54, 1.807) is 31.2 Å². The minimum absolute atomic E-state index is 0.164. The Labute approximate surface area is 149 Å². The van der Waals surface area contributed by atoms with Gasteiger partial charge in [-0.25, -0.2) is 0 Å². The van der Waals surface area contributed by atoms with Crippen LogP contribution >= 0.6 is 0 Å². The third-order valence-electron chi connectivity index (χ3n) is 4.55. The first-order valence-electron chi connectivity index (χ1n) is 8.94. The molecule has 1 saturated heterocycles. The number of carbonyl (C=O) groups excluding carboxylic acids is 2. The van der Waals surface area contributed by atoms with Crippen LogP contribution in [0.1, 0.15) is 31.1 Å². The molecular formula is C19H29N3O3. The molecule has 1 aliphatic rings. The van der Waals surface area contributed by atoms with Gasteiger partial charge in [-0.05, 0) is 25.0 Å². The Balaban J connectivity index is 1.83. The molecule has 2 unspecified atom stereocenters. The quantitative estimate of drug-likeness (QED) is 0.779. The molecule has 138 valence electrons. The van der Waals surface area contributed by atoms with Crippen molar-refractivity contribution in [2.45, 2.75) is 32.9 Å². The summed E-state index contributed by atoms with van der Waals surface area (Å²) in [6.07, 6.45) is 0. The zero-order valence-corrected chi connectivity index (χ0v) is 15.3. The van der Waals surface area contributed by atoms with Crippen LogP contribution < -0.4 is 10.6 Å². The normalized spacial score (nSPS) is 17.8. The number of benzene rings is 1. The average Bonchev–Trinajstić information content (AvgIpc) is 2.63. The summed E-state index contributed by atoms with van der Waals surface area (Å²) in [4.78, 5) is 26.9. The van der Waals surface area contributed by atoms with Crippen LogP contribution in [-0.4, -0.2) is 61.6 Å². The van der Waals surface area contributed by atoms with E-state index in [4.69, 9.17) is 4.74 Å². The molecule has 0 saturated carbocycles. The van der Waals surface area contributed by atoms with Gasteiger partial charge >= 0.3 is 0 Å². The first-order valence-corrected chi connectivity index (χ1v) is 8.94. The van der Waals surface area contributed by atoms with Gasteiger partial charge in [0.1, 0.15) is 6.04 Å². The van der Waals surface area contributed by atoms with E-state index in [2.05, 4.69) is 29.4 Å². The minimum atomic E-state index is -0.579. The maximum absolute atomic E-state index is 12.4. The van der Waals surface area contributed by atoms with Crippen molar-refractivity contribution in [3.8, 4) is 0 Å². The topological polar surface area (TPSA) is 70.7 Å². The Morgan fingerprint density at radius 1 is 1.12 bits per heavy atom. The van der Waals surface area contributed by atoms with Crippen molar-refractivity contribution in [3.63, 3.8) is 0 Å². The fourth-order valence-electron chi connectivity index (χ4n) is 2.99. The summed E-state index contributed by atoms with van der Waals surface area (Å²) < 4.78 is 5.40. The molecule has 6 heteroatoms. The van der Waals surface area contributed by atoms with Crippen molar-refractivity contribution in [1.29, 1.82) is 0 Å². The Hall–Kier alpha value is -1.92. The molecule has 1 fully saturated rings. The van der Waals surface area contributed by atoms with Gasteiger partial charge in [0.05, 0.1) is 13.2 Å². The van der Waals surface area contributed by atoms with Crippen molar-refractivity contribution in [3.05, 3.63) is 35.9 Å². The summed E-state index contributed by atoms with van der Waals surface area (Å²) in [5, 5.41) is 5.73. The standard InChI is InChI=1S/C19H29N3O3/c1-14(2)17(22-9-11-25-12-10-22)13-20-18(23)15(3)21-19(24)16-7-5-4-6-8-16/h4-8,14-15,17H,9-13H2,1-3H3,(H,20,23)(H,21,24). The highest BCUT2D eigenvalue weighted by molar-refractivity contribution is 5.97. The summed E-state index contributed by atoms with van der Waals surface area (Å²) >= 11 is 0. The Morgan fingerprint density at radius 2 is 1.76 bits per heavy atom. The molecule has 2 rings (SSSR count). The van der Waals surface area contributed by atoms with Gasteiger partial charge in [0, 0.05) is 31.2 Å². The highest BCUT2D eigenvalue weighted by atomic mass is 16.5. The van der Waals surface area contributed by atoms with E-state index >= 15 is 0 Å². The van der Waals surface area contributed by atoms with Gasteiger partial charge in [-0.1, -0.05) is 32.0 Å². The second-order valence-electron chi connectivity index (χ2n) is 6.77. The van der Waals surface area contributed by atoms with E-state index in [1.807, 2.05) is 6.07 Å². The molecule has 25 heavy (non-hydrogen) atoms. The lowest BCUT2D eigenvalue weighted by atomic mass is 10.0. The predicted octanol–water partition coefficient (Wildman–Crippen LogP) is 1.28. The zero-order chi connectivity index (χ0) is 18.2. The maximum Gasteiger partial charge on any atom is 0.251 e. The Kier molecular flexibility index (Phi) is 7.40. The van der Waals surface area contributed by atoms with Crippen LogP contribution in [0.2, 0.25) is 0 Å². The number of rotatable bonds is 7. The molecule has 0 spiro atoms. The SMILES string of the molecule is CC(NC(=O)c1ccccc1)C(=O)NCC(C(C)C)N1CCOCC1. The fourth-order valence-corrected chi connectivity index (χ4v) is 2.99. The van der Waals surface area contributed by atoms with Crippen LogP contribution in [0.25, 0.3) is 0 Å². The first-order chi connectivity index (χ1) is 12.0. The molecule has 1 aliphatic heterocycles. The Bertz CT molecular complexity index is 556. The predicted molar refractivity (Wildman–Crippen MR) is 97.4 cm³/mol. The number of nitrogens with zero attached hydrogens (tertiary/aromatic N) is 1. The van der Waals surface area contributed by atoms with Gasteiger partial charge in [-0.2, -0.15) is 0 Å². The van der Waals surface area contributed by atoms with Gasteiger partial charge < -0.3 is 15.4 Å². The highest BCUT2D eigenvalue weighted by Crippen LogP contribution is 2.12. The third kappa shape index (κ3) is 5.83. The second kappa shape index (κ2) is 9.53. The second-order valence-corrected chi connectivity index (χ2v) is 6.77. The molecule has 0 bridgehead atoms. The summed E-state index contributed by atoms with van der Waals surface area (Å²) in [5.74, 6) is 0.0210. The van der Waals surface area contributed by atoms with Gasteiger partial charge in [-0.3, -0.25) is 14.5 Å². The molecule has 2 amide bonds. The first kappa shape index (κ1) is 19.4. The average molecular weight is 347 g/mol. The molecule has 0 aliphatic carbocycles. The Morgan fingerprint density at radius 3 is 2.36 bits per heavy atom. The van der Waals surface area contributed by atoms with E-state index < -0.39 is 6.04 Å². The lowest BCUT2D eigenvalue weighted by Gasteiger charge is -2.37. The number of amides is 2. The molecule has 2 N–H and O–H groups in total. The van der Waals surface area contributed by atoms with Crippen LogP contribution in [0.5, 0.6) is 0 Å². The maximum atomic E-state index is 12.4. The van der Waals surface area contributed by atoms with Crippen molar-refractivity contribution in [2.75, 3.05) is 32.8 Å². The fraction of sp³-hybridized carbons (Fsp3) is 0.579. The number of morpholine rings is 1. The minimum Gasteiger partial charge on any atom is -0.379 e. The van der Waals surface area contributed by atoms with Crippen molar-refractivity contribution in [2.24, 2.45) is 5.92 Å². The van der Waals surface area contributed by atoms with E-state index in [9.17, 15) is 9.59 Å². The van der Waals surface area contributed by atoms with E-state index in [0.29, 0.717) is 18.0 Å².